The number of thiazole rings is 1. The lowest BCUT2D eigenvalue weighted by molar-refractivity contribution is 0.303. The molecule has 0 atom stereocenters. The summed E-state index contributed by atoms with van der Waals surface area (Å²) in [6.07, 6.45) is 0. The van der Waals surface area contributed by atoms with E-state index in [9.17, 15) is 9.18 Å². The minimum Gasteiger partial charge on any atom is -0.465 e. The van der Waals surface area contributed by atoms with Crippen molar-refractivity contribution in [3.8, 4) is 22.1 Å². The van der Waals surface area contributed by atoms with Crippen molar-refractivity contribution >= 4 is 27.3 Å². The molecule has 0 aliphatic rings. The van der Waals surface area contributed by atoms with Crippen LogP contribution in [0, 0.1) is 12.7 Å². The molecule has 0 unspecified atom stereocenters. The number of tetrazole rings is 1. The second-order valence-corrected chi connectivity index (χ2v) is 7.96. The minimum absolute atomic E-state index is 0.201. The normalized spacial score (nSPS) is 11.0. The van der Waals surface area contributed by atoms with Crippen LogP contribution in [0.15, 0.2) is 51.0 Å². The van der Waals surface area contributed by atoms with Crippen molar-refractivity contribution in [3.63, 3.8) is 0 Å². The highest BCUT2D eigenvalue weighted by molar-refractivity contribution is 9.10. The van der Waals surface area contributed by atoms with E-state index < -0.39 is 0 Å². The molecule has 29 heavy (non-hydrogen) atoms. The fraction of sp³-hybridized carbons (Fsp3) is 0.158. The smallest absolute Gasteiger partial charge is 0.368 e. The fourth-order valence-corrected chi connectivity index (χ4v) is 3.71. The number of halogens is 2. The SMILES string of the molecule is Cc1cccc(-n2nnn(C)c2=O)c1COc1nc(-c2ccc(Br)c(F)c2)cs1. The van der Waals surface area contributed by atoms with E-state index in [-0.39, 0.29) is 18.1 Å². The van der Waals surface area contributed by atoms with Gasteiger partial charge in [-0.2, -0.15) is 9.36 Å². The maximum Gasteiger partial charge on any atom is 0.368 e. The van der Waals surface area contributed by atoms with E-state index in [0.29, 0.717) is 26.6 Å². The molecule has 7 nitrogen and oxygen atoms in total. The van der Waals surface area contributed by atoms with Crippen LogP contribution in [0.1, 0.15) is 11.1 Å². The van der Waals surface area contributed by atoms with Gasteiger partial charge in [-0.1, -0.05) is 29.5 Å². The topological polar surface area (TPSA) is 74.8 Å². The Kier molecular flexibility index (Phi) is 5.29. The van der Waals surface area contributed by atoms with Gasteiger partial charge in [-0.25, -0.2) is 14.2 Å². The lowest BCUT2D eigenvalue weighted by atomic mass is 10.1. The van der Waals surface area contributed by atoms with E-state index in [2.05, 4.69) is 31.3 Å². The molecule has 4 aromatic rings. The van der Waals surface area contributed by atoms with Gasteiger partial charge in [-0.05, 0) is 57.0 Å². The minimum atomic E-state index is -0.350. The number of rotatable bonds is 5. The van der Waals surface area contributed by atoms with Gasteiger partial charge in [0.15, 0.2) is 0 Å². The van der Waals surface area contributed by atoms with Crippen LogP contribution in [0.5, 0.6) is 5.19 Å². The van der Waals surface area contributed by atoms with Gasteiger partial charge in [0.25, 0.3) is 5.19 Å². The van der Waals surface area contributed by atoms with E-state index in [1.165, 1.54) is 22.1 Å². The summed E-state index contributed by atoms with van der Waals surface area (Å²) in [5.41, 5.74) is 3.32. The number of aryl methyl sites for hydroxylation is 2. The second kappa shape index (κ2) is 7.88. The summed E-state index contributed by atoms with van der Waals surface area (Å²) in [5, 5.41) is 9.93. The Labute approximate surface area is 177 Å². The van der Waals surface area contributed by atoms with Crippen LogP contribution in [-0.2, 0) is 13.7 Å². The molecule has 0 spiro atoms. The first-order valence-electron chi connectivity index (χ1n) is 8.55. The maximum atomic E-state index is 13.8. The van der Waals surface area contributed by atoms with Crippen molar-refractivity contribution in [2.24, 2.45) is 7.05 Å². The summed E-state index contributed by atoms with van der Waals surface area (Å²) >= 11 is 4.46. The quantitative estimate of drug-likeness (QED) is 0.437. The maximum absolute atomic E-state index is 13.8. The molecule has 0 aliphatic heterocycles. The zero-order valence-electron chi connectivity index (χ0n) is 15.5. The monoisotopic (exact) mass is 475 g/mol. The van der Waals surface area contributed by atoms with Crippen LogP contribution in [0.3, 0.4) is 0 Å². The van der Waals surface area contributed by atoms with E-state index in [0.717, 1.165) is 15.8 Å². The molecule has 0 fully saturated rings. The summed E-state index contributed by atoms with van der Waals surface area (Å²) < 4.78 is 22.5. The Morgan fingerprint density at radius 2 is 2.07 bits per heavy atom. The average Bonchev–Trinajstić information content (AvgIpc) is 3.30. The molecule has 0 N–H and O–H groups in total. The number of benzene rings is 2. The number of ether oxygens (including phenoxy) is 1. The van der Waals surface area contributed by atoms with Crippen LogP contribution < -0.4 is 10.4 Å². The molecule has 0 bridgehead atoms. The third-order valence-corrected chi connectivity index (χ3v) is 5.77. The summed E-state index contributed by atoms with van der Waals surface area (Å²) in [4.78, 5) is 16.7. The number of aromatic nitrogens is 5. The van der Waals surface area contributed by atoms with Gasteiger partial charge in [-0.15, -0.1) is 0 Å². The Hall–Kier alpha value is -2.85. The number of hydrogen-bond donors (Lipinski definition) is 0. The van der Waals surface area contributed by atoms with E-state index >= 15 is 0 Å². The standard InChI is InChI=1S/C19H15BrFN5O2S/c1-11-4-3-5-17(26-19(27)25(2)23-24-26)13(11)9-28-18-22-16(10-29-18)12-6-7-14(20)15(21)8-12/h3-8,10H,9H2,1-2H3. The fourth-order valence-electron chi connectivity index (χ4n) is 2.78. The van der Waals surface area contributed by atoms with Crippen LogP contribution in [0.4, 0.5) is 4.39 Å². The van der Waals surface area contributed by atoms with Crippen LogP contribution >= 0.6 is 27.3 Å². The largest absolute Gasteiger partial charge is 0.465 e. The van der Waals surface area contributed by atoms with Gasteiger partial charge >= 0.3 is 5.69 Å². The Balaban J connectivity index is 1.59. The summed E-state index contributed by atoms with van der Waals surface area (Å²) in [5.74, 6) is -0.350. The molecule has 0 saturated heterocycles. The highest BCUT2D eigenvalue weighted by atomic mass is 79.9. The lowest BCUT2D eigenvalue weighted by Gasteiger charge is -2.11. The molecule has 10 heteroatoms. The van der Waals surface area contributed by atoms with Gasteiger partial charge in [-0.3, -0.25) is 0 Å². The average molecular weight is 476 g/mol. The molecule has 0 radical (unpaired) electrons. The lowest BCUT2D eigenvalue weighted by Crippen LogP contribution is -2.23. The molecular formula is C19H15BrFN5O2S. The van der Waals surface area contributed by atoms with Crippen molar-refractivity contribution in [2.45, 2.75) is 13.5 Å². The zero-order valence-corrected chi connectivity index (χ0v) is 17.9. The van der Waals surface area contributed by atoms with E-state index in [1.54, 1.807) is 25.2 Å². The molecule has 0 saturated carbocycles. The highest BCUT2D eigenvalue weighted by Crippen LogP contribution is 2.29. The van der Waals surface area contributed by atoms with Crippen LogP contribution in [0.25, 0.3) is 16.9 Å². The molecule has 0 aliphatic carbocycles. The molecule has 2 aromatic carbocycles. The van der Waals surface area contributed by atoms with Crippen molar-refractivity contribution < 1.29 is 9.13 Å². The molecule has 2 heterocycles. The van der Waals surface area contributed by atoms with Gasteiger partial charge in [0, 0.05) is 23.6 Å². The molecule has 2 aromatic heterocycles. The van der Waals surface area contributed by atoms with Crippen molar-refractivity contribution in [1.82, 2.24) is 24.8 Å². The summed E-state index contributed by atoms with van der Waals surface area (Å²) in [6.45, 7) is 2.13. The zero-order chi connectivity index (χ0) is 20.5. The number of nitrogens with zero attached hydrogens (tertiary/aromatic N) is 5. The Morgan fingerprint density at radius 1 is 1.24 bits per heavy atom. The van der Waals surface area contributed by atoms with Crippen molar-refractivity contribution in [3.05, 3.63) is 73.7 Å². The predicted octanol–water partition coefficient (Wildman–Crippen LogP) is 3.88. The van der Waals surface area contributed by atoms with Gasteiger partial charge in [0.1, 0.15) is 12.4 Å². The molecular weight excluding hydrogens is 461 g/mol. The predicted molar refractivity (Wildman–Crippen MR) is 111 cm³/mol. The van der Waals surface area contributed by atoms with Gasteiger partial charge in [0.05, 0.1) is 15.9 Å². The van der Waals surface area contributed by atoms with Crippen molar-refractivity contribution in [1.29, 1.82) is 0 Å². The summed E-state index contributed by atoms with van der Waals surface area (Å²) in [6, 6.07) is 10.4. The van der Waals surface area contributed by atoms with Gasteiger partial charge in [0.2, 0.25) is 0 Å². The van der Waals surface area contributed by atoms with Crippen LogP contribution in [0.2, 0.25) is 0 Å². The third kappa shape index (κ3) is 3.85. The second-order valence-electron chi connectivity index (χ2n) is 6.29. The van der Waals surface area contributed by atoms with Crippen LogP contribution in [-0.4, -0.2) is 24.8 Å². The van der Waals surface area contributed by atoms with E-state index in [4.69, 9.17) is 4.74 Å². The Morgan fingerprint density at radius 3 is 2.79 bits per heavy atom. The first-order valence-corrected chi connectivity index (χ1v) is 10.2. The summed E-state index contributed by atoms with van der Waals surface area (Å²) in [7, 11) is 1.54. The van der Waals surface area contributed by atoms with Crippen molar-refractivity contribution in [2.75, 3.05) is 0 Å². The molecule has 4 rings (SSSR count). The molecule has 148 valence electrons. The number of hydrogen-bond acceptors (Lipinski definition) is 6. The van der Waals surface area contributed by atoms with Gasteiger partial charge < -0.3 is 4.74 Å². The molecule has 0 amide bonds. The Bertz CT molecular complexity index is 1250. The first kappa shape index (κ1) is 19.5. The highest BCUT2D eigenvalue weighted by Gasteiger charge is 2.15. The first-order chi connectivity index (χ1) is 13.9. The van der Waals surface area contributed by atoms with E-state index in [1.807, 2.05) is 24.4 Å². The third-order valence-electron chi connectivity index (χ3n) is 4.37.